The number of ether oxygens (including phenoxy) is 2. The fraction of sp³-hybridized carbons (Fsp3) is 0.750. The highest BCUT2D eigenvalue weighted by Gasteiger charge is 2.49. The van der Waals surface area contributed by atoms with Gasteiger partial charge in [-0.3, -0.25) is 4.79 Å². The van der Waals surface area contributed by atoms with E-state index < -0.39 is 23.4 Å². The molecule has 0 rings (SSSR count). The molecule has 19 heavy (non-hydrogen) atoms. The van der Waals surface area contributed by atoms with E-state index in [0.29, 0.717) is 0 Å². The van der Waals surface area contributed by atoms with Crippen LogP contribution in [0.3, 0.4) is 0 Å². The van der Waals surface area contributed by atoms with E-state index in [9.17, 15) is 14.4 Å². The van der Waals surface area contributed by atoms with Crippen molar-refractivity contribution in [3.8, 4) is 0 Å². The van der Waals surface area contributed by atoms with Crippen molar-refractivity contribution < 1.29 is 29.0 Å². The summed E-state index contributed by atoms with van der Waals surface area (Å²) in [6, 6.07) is 0. The maximum absolute atomic E-state index is 12.0. The van der Waals surface area contributed by atoms with E-state index in [1.807, 2.05) is 0 Å². The number of carbonyl (C=O) groups is 3. The van der Waals surface area contributed by atoms with Gasteiger partial charge in [0.15, 0.2) is 0 Å². The summed E-state index contributed by atoms with van der Waals surface area (Å²) in [4.78, 5) is 35.3. The molecule has 0 spiro atoms. The first kappa shape index (κ1) is 17.4. The van der Waals surface area contributed by atoms with Gasteiger partial charge in [0.05, 0.1) is 13.2 Å². The van der Waals surface area contributed by atoms with Crippen LogP contribution in [0, 0.1) is 0 Å². The van der Waals surface area contributed by atoms with E-state index in [1.54, 1.807) is 13.8 Å². The molecule has 0 heterocycles. The summed E-state index contributed by atoms with van der Waals surface area (Å²) >= 11 is 0. The van der Waals surface area contributed by atoms with Gasteiger partial charge in [0, 0.05) is 13.5 Å². The van der Waals surface area contributed by atoms with Crippen LogP contribution >= 0.6 is 0 Å². The van der Waals surface area contributed by atoms with Crippen molar-refractivity contribution >= 4 is 17.8 Å². The number of nitrogens with one attached hydrogen (secondary N) is 1. The van der Waals surface area contributed by atoms with E-state index in [-0.39, 0.29) is 32.7 Å². The number of rotatable bonds is 8. The van der Waals surface area contributed by atoms with Gasteiger partial charge in [0.25, 0.3) is 0 Å². The lowest BCUT2D eigenvalue weighted by molar-refractivity contribution is -0.168. The van der Waals surface area contributed by atoms with Crippen molar-refractivity contribution in [1.29, 1.82) is 0 Å². The standard InChI is InChI=1S/C12H21NO6/c1-4-18-10(16)12(7-6-8-14,13-9(3)15)11(17)19-5-2/h14H,4-8H2,1-3H3,(H,13,15). The number of aliphatic hydroxyl groups excluding tert-OH is 1. The summed E-state index contributed by atoms with van der Waals surface area (Å²) in [5.74, 6) is -2.31. The first-order valence-electron chi connectivity index (χ1n) is 6.18. The van der Waals surface area contributed by atoms with Gasteiger partial charge < -0.3 is 19.9 Å². The zero-order valence-corrected chi connectivity index (χ0v) is 11.5. The lowest BCUT2D eigenvalue weighted by Crippen LogP contribution is -2.61. The Bertz CT molecular complexity index is 310. The number of carbonyl (C=O) groups excluding carboxylic acids is 3. The van der Waals surface area contributed by atoms with Crippen LogP contribution in [0.2, 0.25) is 0 Å². The van der Waals surface area contributed by atoms with Crippen molar-refractivity contribution in [2.45, 2.75) is 39.2 Å². The second-order valence-corrected chi connectivity index (χ2v) is 3.85. The zero-order chi connectivity index (χ0) is 14.9. The molecule has 0 aliphatic rings. The molecule has 0 aromatic rings. The fourth-order valence-electron chi connectivity index (χ4n) is 1.61. The molecular weight excluding hydrogens is 254 g/mol. The Labute approximate surface area is 112 Å². The molecule has 0 bridgehead atoms. The Morgan fingerprint density at radius 3 is 1.89 bits per heavy atom. The molecule has 7 nitrogen and oxygen atoms in total. The zero-order valence-electron chi connectivity index (χ0n) is 11.5. The highest BCUT2D eigenvalue weighted by atomic mass is 16.6. The van der Waals surface area contributed by atoms with E-state index in [4.69, 9.17) is 14.6 Å². The summed E-state index contributed by atoms with van der Waals surface area (Å²) in [5.41, 5.74) is -1.89. The molecule has 0 saturated carbocycles. The molecule has 0 aromatic carbocycles. The molecule has 0 radical (unpaired) electrons. The van der Waals surface area contributed by atoms with Gasteiger partial charge in [-0.15, -0.1) is 0 Å². The average Bonchev–Trinajstić information content (AvgIpc) is 2.34. The SMILES string of the molecule is CCOC(=O)C(CCCO)(NC(C)=O)C(=O)OCC. The molecule has 2 N–H and O–H groups in total. The number of amides is 1. The molecular formula is C12H21NO6. The normalized spacial score (nSPS) is 10.7. The van der Waals surface area contributed by atoms with Gasteiger partial charge in [0.2, 0.25) is 11.4 Å². The molecule has 0 atom stereocenters. The van der Waals surface area contributed by atoms with Gasteiger partial charge in [0.1, 0.15) is 0 Å². The smallest absolute Gasteiger partial charge is 0.343 e. The van der Waals surface area contributed by atoms with Crippen LogP contribution in [-0.2, 0) is 23.9 Å². The van der Waals surface area contributed by atoms with E-state index in [0.717, 1.165) is 0 Å². The quantitative estimate of drug-likeness (QED) is 0.468. The minimum atomic E-state index is -1.89. The summed E-state index contributed by atoms with van der Waals surface area (Å²) in [6.45, 7) is 4.28. The molecule has 0 saturated heterocycles. The van der Waals surface area contributed by atoms with Crippen molar-refractivity contribution in [1.82, 2.24) is 5.32 Å². The third-order valence-electron chi connectivity index (χ3n) is 2.35. The lowest BCUT2D eigenvalue weighted by atomic mass is 9.93. The van der Waals surface area contributed by atoms with Gasteiger partial charge in [-0.2, -0.15) is 0 Å². The molecule has 0 aromatic heterocycles. The van der Waals surface area contributed by atoms with Gasteiger partial charge in [-0.25, -0.2) is 9.59 Å². The van der Waals surface area contributed by atoms with Crippen LogP contribution in [0.4, 0.5) is 0 Å². The van der Waals surface area contributed by atoms with Crippen molar-refractivity contribution in [2.75, 3.05) is 19.8 Å². The lowest BCUT2D eigenvalue weighted by Gasteiger charge is -2.29. The summed E-state index contributed by atoms with van der Waals surface area (Å²) < 4.78 is 9.67. The third kappa shape index (κ3) is 4.86. The molecule has 0 aliphatic carbocycles. The number of esters is 2. The molecule has 0 unspecified atom stereocenters. The molecule has 0 fully saturated rings. The highest BCUT2D eigenvalue weighted by molar-refractivity contribution is 6.07. The second kappa shape index (κ2) is 8.47. The van der Waals surface area contributed by atoms with Crippen LogP contribution in [0.1, 0.15) is 33.6 Å². The first-order chi connectivity index (χ1) is 8.94. The predicted octanol–water partition coefficient (Wildman–Crippen LogP) is -0.240. The molecule has 110 valence electrons. The van der Waals surface area contributed by atoms with E-state index in [1.165, 1.54) is 6.92 Å². The number of hydrogen-bond acceptors (Lipinski definition) is 6. The van der Waals surface area contributed by atoms with Crippen LogP contribution in [0.15, 0.2) is 0 Å². The Kier molecular flexibility index (Phi) is 7.74. The topological polar surface area (TPSA) is 102 Å². The van der Waals surface area contributed by atoms with Crippen molar-refractivity contribution in [3.05, 3.63) is 0 Å². The Morgan fingerprint density at radius 1 is 1.11 bits per heavy atom. The van der Waals surface area contributed by atoms with Gasteiger partial charge in [-0.1, -0.05) is 0 Å². The molecule has 0 aliphatic heterocycles. The summed E-state index contributed by atoms with van der Waals surface area (Å²) in [6.07, 6.45) is 0.0681. The van der Waals surface area contributed by atoms with Crippen LogP contribution in [-0.4, -0.2) is 48.3 Å². The summed E-state index contributed by atoms with van der Waals surface area (Å²) in [5, 5.41) is 11.2. The average molecular weight is 275 g/mol. The maximum Gasteiger partial charge on any atom is 0.343 e. The molecule has 1 amide bonds. The van der Waals surface area contributed by atoms with Crippen LogP contribution in [0.25, 0.3) is 0 Å². The van der Waals surface area contributed by atoms with Crippen molar-refractivity contribution in [3.63, 3.8) is 0 Å². The minimum absolute atomic E-state index is 0.0682. The van der Waals surface area contributed by atoms with E-state index in [2.05, 4.69) is 5.32 Å². The second-order valence-electron chi connectivity index (χ2n) is 3.85. The predicted molar refractivity (Wildman–Crippen MR) is 66.1 cm³/mol. The first-order valence-corrected chi connectivity index (χ1v) is 6.18. The monoisotopic (exact) mass is 275 g/mol. The van der Waals surface area contributed by atoms with Crippen LogP contribution in [0.5, 0.6) is 0 Å². The van der Waals surface area contributed by atoms with Gasteiger partial charge >= 0.3 is 11.9 Å². The Morgan fingerprint density at radius 2 is 1.58 bits per heavy atom. The maximum atomic E-state index is 12.0. The van der Waals surface area contributed by atoms with Gasteiger partial charge in [-0.05, 0) is 26.7 Å². The highest BCUT2D eigenvalue weighted by Crippen LogP contribution is 2.18. The largest absolute Gasteiger partial charge is 0.464 e. The van der Waals surface area contributed by atoms with Crippen LogP contribution < -0.4 is 5.32 Å². The summed E-state index contributed by atoms with van der Waals surface area (Å²) in [7, 11) is 0. The van der Waals surface area contributed by atoms with E-state index >= 15 is 0 Å². The minimum Gasteiger partial charge on any atom is -0.464 e. The number of aliphatic hydroxyl groups is 1. The number of hydrogen-bond donors (Lipinski definition) is 2. The Balaban J connectivity index is 5.35. The fourth-order valence-corrected chi connectivity index (χ4v) is 1.61. The molecule has 7 heteroatoms. The van der Waals surface area contributed by atoms with Crippen molar-refractivity contribution in [2.24, 2.45) is 0 Å². The Hall–Kier alpha value is -1.63. The third-order valence-corrected chi connectivity index (χ3v) is 2.35.